The summed E-state index contributed by atoms with van der Waals surface area (Å²) in [5.74, 6) is -1.36. The lowest BCUT2D eigenvalue weighted by atomic mass is 9.94. The molecule has 1 atom stereocenters. The van der Waals surface area contributed by atoms with Crippen LogP contribution in [0.5, 0.6) is 0 Å². The fourth-order valence-electron chi connectivity index (χ4n) is 5.84. The molecule has 0 radical (unpaired) electrons. The van der Waals surface area contributed by atoms with Gasteiger partial charge in [-0.05, 0) is 83.6 Å². The molecule has 5 rings (SSSR count). The molecule has 1 N–H and O–H groups in total. The Bertz CT molecular complexity index is 1790. The number of hydrogen-bond donors (Lipinski definition) is 1. The molecular weight excluding hydrogens is 659 g/mol. The van der Waals surface area contributed by atoms with Crippen LogP contribution in [0.3, 0.4) is 0 Å². The standard InChI is InChI=1S/C31H27F9N6O2/c1-17-9-23-25(7-4-8-45(26(23)14-24(17)31(38,39)40)15-18-5-3-6-20(10-18)27(47)48)46(28-41-43-44(2)42-28)16-19-11-21(29(32,33)34)13-22(12-19)30(35,36)37/h3,5-6,9-14,25H,4,7-8,15-16H2,1-2H3,(H,47,48). The minimum absolute atomic E-state index is 0.00710. The van der Waals surface area contributed by atoms with Crippen LogP contribution in [0.2, 0.25) is 0 Å². The second-order valence-corrected chi connectivity index (χ2v) is 11.4. The first-order valence-corrected chi connectivity index (χ1v) is 14.4. The van der Waals surface area contributed by atoms with Crippen molar-refractivity contribution in [1.29, 1.82) is 0 Å². The molecule has 48 heavy (non-hydrogen) atoms. The largest absolute Gasteiger partial charge is 0.478 e. The van der Waals surface area contributed by atoms with Gasteiger partial charge in [0, 0.05) is 25.3 Å². The summed E-state index contributed by atoms with van der Waals surface area (Å²) >= 11 is 0. The predicted octanol–water partition coefficient (Wildman–Crippen LogP) is 7.82. The number of aryl methyl sites for hydroxylation is 2. The Morgan fingerprint density at radius 3 is 2.15 bits per heavy atom. The number of benzene rings is 3. The zero-order valence-corrected chi connectivity index (χ0v) is 25.2. The maximum Gasteiger partial charge on any atom is 0.416 e. The normalized spacial score (nSPS) is 15.6. The highest BCUT2D eigenvalue weighted by molar-refractivity contribution is 5.87. The molecule has 1 aromatic heterocycles. The Labute approximate surface area is 267 Å². The molecule has 2 heterocycles. The third kappa shape index (κ3) is 7.49. The Morgan fingerprint density at radius 1 is 0.917 bits per heavy atom. The van der Waals surface area contributed by atoms with Crippen molar-refractivity contribution in [1.82, 2.24) is 20.2 Å². The topological polar surface area (TPSA) is 87.4 Å². The number of carbonyl (C=O) groups is 1. The Balaban J connectivity index is 1.67. The first kappa shape index (κ1) is 34.5. The average Bonchev–Trinajstić information content (AvgIpc) is 3.34. The molecule has 0 bridgehead atoms. The number of rotatable bonds is 7. The lowest BCUT2D eigenvalue weighted by Gasteiger charge is -2.33. The van der Waals surface area contributed by atoms with Crippen LogP contribution in [0.15, 0.2) is 54.6 Å². The van der Waals surface area contributed by atoms with Gasteiger partial charge in [0.2, 0.25) is 0 Å². The summed E-state index contributed by atoms with van der Waals surface area (Å²) in [5.41, 5.74) is -3.69. The van der Waals surface area contributed by atoms with Crippen LogP contribution >= 0.6 is 0 Å². The Morgan fingerprint density at radius 2 is 1.58 bits per heavy atom. The molecule has 3 aromatic carbocycles. The first-order valence-electron chi connectivity index (χ1n) is 14.4. The molecule has 0 aliphatic carbocycles. The summed E-state index contributed by atoms with van der Waals surface area (Å²) in [6.07, 6.45) is -14.5. The molecule has 4 aromatic rings. The van der Waals surface area contributed by atoms with Crippen molar-refractivity contribution in [2.24, 2.45) is 7.05 Å². The van der Waals surface area contributed by atoms with Crippen LogP contribution in [0.1, 0.15) is 68.2 Å². The van der Waals surface area contributed by atoms with Gasteiger partial charge in [-0.1, -0.05) is 23.3 Å². The van der Waals surface area contributed by atoms with Crippen LogP contribution in [-0.4, -0.2) is 37.8 Å². The molecule has 1 aliphatic heterocycles. The number of aromatic nitrogens is 4. The molecule has 1 unspecified atom stereocenters. The number of carboxylic acids is 1. The maximum absolute atomic E-state index is 14.2. The fourth-order valence-corrected chi connectivity index (χ4v) is 5.84. The Kier molecular flexibility index (Phi) is 9.09. The molecular formula is C31H27F9N6O2. The lowest BCUT2D eigenvalue weighted by molar-refractivity contribution is -0.143. The number of tetrazole rings is 1. The van der Waals surface area contributed by atoms with Crippen molar-refractivity contribution in [3.8, 4) is 0 Å². The fraction of sp³-hybridized carbons (Fsp3) is 0.355. The van der Waals surface area contributed by atoms with E-state index in [2.05, 4.69) is 15.4 Å². The first-order chi connectivity index (χ1) is 22.3. The minimum atomic E-state index is -5.11. The van der Waals surface area contributed by atoms with Crippen molar-refractivity contribution in [3.63, 3.8) is 0 Å². The molecule has 0 spiro atoms. The van der Waals surface area contributed by atoms with Crippen LogP contribution < -0.4 is 9.80 Å². The van der Waals surface area contributed by atoms with Gasteiger partial charge >= 0.3 is 24.5 Å². The molecule has 17 heteroatoms. The molecule has 0 amide bonds. The van der Waals surface area contributed by atoms with Gasteiger partial charge in [-0.3, -0.25) is 0 Å². The van der Waals surface area contributed by atoms with Gasteiger partial charge in [0.05, 0.1) is 35.3 Å². The summed E-state index contributed by atoms with van der Waals surface area (Å²) in [5, 5.41) is 21.3. The van der Waals surface area contributed by atoms with Gasteiger partial charge in [-0.15, -0.1) is 5.10 Å². The van der Waals surface area contributed by atoms with Gasteiger partial charge in [-0.2, -0.15) is 44.3 Å². The van der Waals surface area contributed by atoms with Crippen molar-refractivity contribution >= 4 is 17.6 Å². The highest BCUT2D eigenvalue weighted by atomic mass is 19.4. The quantitative estimate of drug-likeness (QED) is 0.199. The zero-order valence-electron chi connectivity index (χ0n) is 25.2. The summed E-state index contributed by atoms with van der Waals surface area (Å²) in [6.45, 7) is 0.862. The molecule has 0 fully saturated rings. The second kappa shape index (κ2) is 12.6. The van der Waals surface area contributed by atoms with E-state index in [4.69, 9.17) is 0 Å². The highest BCUT2D eigenvalue weighted by Gasteiger charge is 2.39. The average molecular weight is 687 g/mol. The highest BCUT2D eigenvalue weighted by Crippen LogP contribution is 2.44. The maximum atomic E-state index is 14.2. The van der Waals surface area contributed by atoms with E-state index in [0.717, 1.165) is 10.9 Å². The minimum Gasteiger partial charge on any atom is -0.478 e. The summed E-state index contributed by atoms with van der Waals surface area (Å²) in [4.78, 5) is 15.6. The van der Waals surface area contributed by atoms with E-state index in [1.807, 2.05) is 0 Å². The van der Waals surface area contributed by atoms with E-state index in [1.54, 1.807) is 11.0 Å². The predicted molar refractivity (Wildman–Crippen MR) is 154 cm³/mol. The zero-order chi connectivity index (χ0) is 35.2. The number of fused-ring (bicyclic) bond motifs is 1. The van der Waals surface area contributed by atoms with E-state index in [-0.39, 0.29) is 53.9 Å². The smallest absolute Gasteiger partial charge is 0.416 e. The van der Waals surface area contributed by atoms with Crippen molar-refractivity contribution in [2.45, 2.75) is 57.4 Å². The third-order valence-electron chi connectivity index (χ3n) is 7.96. The summed E-state index contributed by atoms with van der Waals surface area (Å²) in [7, 11) is 1.40. The van der Waals surface area contributed by atoms with Gasteiger partial charge < -0.3 is 14.9 Å². The number of nitrogens with zero attached hydrogens (tertiary/aromatic N) is 6. The number of hydrogen-bond acceptors (Lipinski definition) is 6. The molecule has 1 aliphatic rings. The van der Waals surface area contributed by atoms with Crippen molar-refractivity contribution in [3.05, 3.63) is 99.1 Å². The van der Waals surface area contributed by atoms with Gasteiger partial charge in [0.1, 0.15) is 0 Å². The Hall–Kier alpha value is -4.83. The summed E-state index contributed by atoms with van der Waals surface area (Å²) in [6, 6.07) is 8.38. The number of anilines is 2. The van der Waals surface area contributed by atoms with E-state index in [9.17, 15) is 49.4 Å². The van der Waals surface area contributed by atoms with E-state index >= 15 is 0 Å². The molecule has 256 valence electrons. The third-order valence-corrected chi connectivity index (χ3v) is 7.96. The van der Waals surface area contributed by atoms with Crippen molar-refractivity contribution < 1.29 is 49.4 Å². The van der Waals surface area contributed by atoms with Crippen molar-refractivity contribution in [2.75, 3.05) is 16.3 Å². The molecule has 0 saturated carbocycles. The second-order valence-electron chi connectivity index (χ2n) is 11.4. The van der Waals surface area contributed by atoms with Crippen LogP contribution in [0.25, 0.3) is 0 Å². The van der Waals surface area contributed by atoms with Gasteiger partial charge in [0.15, 0.2) is 0 Å². The van der Waals surface area contributed by atoms with E-state index in [0.29, 0.717) is 29.7 Å². The van der Waals surface area contributed by atoms with Crippen LogP contribution in [0.4, 0.5) is 51.1 Å². The van der Waals surface area contributed by atoms with Crippen LogP contribution in [-0.2, 0) is 38.7 Å². The molecule has 8 nitrogen and oxygen atoms in total. The SMILES string of the molecule is Cc1cc2c(cc1C(F)(F)F)N(Cc1cccc(C(=O)O)c1)CCCC2N(Cc1cc(C(F)(F)F)cc(C(F)(F)F)c1)c1nnn(C)n1. The molecule has 0 saturated heterocycles. The van der Waals surface area contributed by atoms with Crippen LogP contribution in [0, 0.1) is 6.92 Å². The monoisotopic (exact) mass is 686 g/mol. The number of alkyl halides is 9. The number of halogens is 9. The number of carboxylic acid groups (broad SMARTS) is 1. The lowest BCUT2D eigenvalue weighted by Crippen LogP contribution is -2.30. The van der Waals surface area contributed by atoms with Gasteiger partial charge in [0.25, 0.3) is 5.95 Å². The van der Waals surface area contributed by atoms with E-state index in [1.165, 1.54) is 43.1 Å². The summed E-state index contributed by atoms with van der Waals surface area (Å²) < 4.78 is 125. The van der Waals surface area contributed by atoms with Gasteiger partial charge in [-0.25, -0.2) is 4.79 Å². The number of aromatic carboxylic acids is 1. The van der Waals surface area contributed by atoms with E-state index < -0.39 is 53.8 Å².